The van der Waals surface area contributed by atoms with E-state index in [1.807, 2.05) is 0 Å². The summed E-state index contributed by atoms with van der Waals surface area (Å²) in [6, 6.07) is 0. The molecule has 0 radical (unpaired) electrons. The van der Waals surface area contributed by atoms with Crippen molar-refractivity contribution < 1.29 is 4.79 Å². The van der Waals surface area contributed by atoms with E-state index in [-0.39, 0.29) is 0 Å². The van der Waals surface area contributed by atoms with Gasteiger partial charge in [0.15, 0.2) is 0 Å². The topological polar surface area (TPSA) is 43.1 Å². The molecule has 0 aliphatic rings. The molecule has 0 aromatic rings. The van der Waals surface area contributed by atoms with E-state index in [4.69, 9.17) is 0 Å². The van der Waals surface area contributed by atoms with Crippen LogP contribution in [0.5, 0.6) is 0 Å². The van der Waals surface area contributed by atoms with Crippen LogP contribution in [0.25, 0.3) is 0 Å². The minimum Gasteiger partial charge on any atom is -0.333 e. The maximum atomic E-state index is 9.57. The molecule has 0 atom stereocenters. The van der Waals surface area contributed by atoms with Crippen molar-refractivity contribution in [3.05, 3.63) is 38.0 Å². The number of hydrogen-bond donors (Lipinski definition) is 1. The number of rotatable bonds is 2. The number of hydrogen-bond acceptors (Lipinski definition) is 2. The van der Waals surface area contributed by atoms with Gasteiger partial charge in [0, 0.05) is 5.57 Å². The van der Waals surface area contributed by atoms with E-state index >= 15 is 0 Å². The number of allylic oxidation sites excluding steroid dienone is 2. The van der Waals surface area contributed by atoms with E-state index in [1.165, 1.54) is 13.1 Å². The monoisotopic (exact) mass is 141 g/mol. The smallest absolute Gasteiger partial charge is 0.149 e. The predicted octanol–water partition coefficient (Wildman–Crippen LogP) is 1.30. The molecule has 0 rings (SSSR count). The standard InChI is InChI=1S/C5H6O.C2H4.CH5N/c1-3-5(2)4-6;2*1-2/h3-4H,1-2H2;1-2H2;2H2,1H3. The second kappa shape index (κ2) is 24.9. The van der Waals surface area contributed by atoms with Crippen LogP contribution >= 0.6 is 0 Å². The van der Waals surface area contributed by atoms with Crippen molar-refractivity contribution in [3.8, 4) is 0 Å². The fourth-order valence-corrected chi connectivity index (χ4v) is 0.0481. The molecule has 0 spiro atoms. The van der Waals surface area contributed by atoms with Crippen molar-refractivity contribution in [1.82, 2.24) is 0 Å². The van der Waals surface area contributed by atoms with Crippen LogP contribution in [0.2, 0.25) is 0 Å². The molecule has 0 aliphatic heterocycles. The molecule has 2 nitrogen and oxygen atoms in total. The van der Waals surface area contributed by atoms with Gasteiger partial charge in [-0.3, -0.25) is 4.79 Å². The SMILES string of the molecule is C=C.C=CC(=C)C=O.CN. The Bertz CT molecular complexity index is 87.4. The zero-order valence-corrected chi connectivity index (χ0v) is 6.47. The zero-order valence-electron chi connectivity index (χ0n) is 6.47. The summed E-state index contributed by atoms with van der Waals surface area (Å²) in [5.74, 6) is 0. The van der Waals surface area contributed by atoms with Crippen LogP contribution in [0, 0.1) is 0 Å². The van der Waals surface area contributed by atoms with Crippen LogP contribution in [-0.2, 0) is 4.79 Å². The highest BCUT2D eigenvalue weighted by Crippen LogP contribution is 1.78. The van der Waals surface area contributed by atoms with Gasteiger partial charge < -0.3 is 5.73 Å². The van der Waals surface area contributed by atoms with Gasteiger partial charge in [-0.25, -0.2) is 0 Å². The minimum absolute atomic E-state index is 0.426. The Labute approximate surface area is 62.7 Å². The largest absolute Gasteiger partial charge is 0.333 e. The minimum atomic E-state index is 0.426. The van der Waals surface area contributed by atoms with Gasteiger partial charge in [-0.1, -0.05) is 19.2 Å². The van der Waals surface area contributed by atoms with Crippen LogP contribution in [0.15, 0.2) is 38.0 Å². The summed E-state index contributed by atoms with van der Waals surface area (Å²) in [4.78, 5) is 9.57. The lowest BCUT2D eigenvalue weighted by Gasteiger charge is -1.71. The van der Waals surface area contributed by atoms with Crippen LogP contribution in [-0.4, -0.2) is 13.3 Å². The Morgan fingerprint density at radius 3 is 1.70 bits per heavy atom. The summed E-state index contributed by atoms with van der Waals surface area (Å²) < 4.78 is 0. The van der Waals surface area contributed by atoms with Crippen molar-refractivity contribution in [2.24, 2.45) is 5.73 Å². The quantitative estimate of drug-likeness (QED) is 0.272. The molecule has 0 fully saturated rings. The van der Waals surface area contributed by atoms with E-state index < -0.39 is 0 Å². The van der Waals surface area contributed by atoms with Gasteiger partial charge in [0.2, 0.25) is 0 Å². The van der Waals surface area contributed by atoms with Crippen LogP contribution < -0.4 is 5.73 Å². The molecule has 0 aromatic heterocycles. The second-order valence-electron chi connectivity index (χ2n) is 0.897. The molecule has 2 N–H and O–H groups in total. The van der Waals surface area contributed by atoms with Crippen molar-refractivity contribution in [2.75, 3.05) is 7.05 Å². The third-order valence-corrected chi connectivity index (χ3v) is 0.414. The van der Waals surface area contributed by atoms with Crippen LogP contribution in [0.4, 0.5) is 0 Å². The predicted molar refractivity (Wildman–Crippen MR) is 46.8 cm³/mol. The lowest BCUT2D eigenvalue weighted by atomic mass is 10.3. The number of nitrogens with two attached hydrogens (primary N) is 1. The molecule has 10 heavy (non-hydrogen) atoms. The highest BCUT2D eigenvalue weighted by Gasteiger charge is 1.71. The number of aldehydes is 1. The average Bonchev–Trinajstić information content (AvgIpc) is 2.10. The van der Waals surface area contributed by atoms with Gasteiger partial charge in [0.05, 0.1) is 0 Å². The Kier molecular flexibility index (Phi) is 39.6. The first-order valence-corrected chi connectivity index (χ1v) is 2.65. The molecule has 0 bridgehead atoms. The lowest BCUT2D eigenvalue weighted by molar-refractivity contribution is -0.104. The summed E-state index contributed by atoms with van der Waals surface area (Å²) in [7, 11) is 1.50. The fourth-order valence-electron chi connectivity index (χ4n) is 0.0481. The Morgan fingerprint density at radius 1 is 1.40 bits per heavy atom. The van der Waals surface area contributed by atoms with Gasteiger partial charge in [-0.2, -0.15) is 0 Å². The van der Waals surface area contributed by atoms with E-state index in [2.05, 4.69) is 32.0 Å². The molecular weight excluding hydrogens is 126 g/mol. The molecule has 0 aliphatic carbocycles. The fraction of sp³-hybridized carbons (Fsp3) is 0.125. The van der Waals surface area contributed by atoms with Gasteiger partial charge in [0.1, 0.15) is 6.29 Å². The van der Waals surface area contributed by atoms with E-state index in [0.717, 1.165) is 0 Å². The van der Waals surface area contributed by atoms with Crippen LogP contribution in [0.1, 0.15) is 0 Å². The molecule has 0 aromatic carbocycles. The summed E-state index contributed by atoms with van der Waals surface area (Å²) in [6.07, 6.45) is 2.07. The lowest BCUT2D eigenvalue weighted by Crippen LogP contribution is -1.69. The number of carbonyl (C=O) groups is 1. The Hall–Kier alpha value is -1.15. The third-order valence-electron chi connectivity index (χ3n) is 0.414. The molecule has 0 unspecified atom stereocenters. The first kappa shape index (κ1) is 15.9. The maximum absolute atomic E-state index is 9.57. The van der Waals surface area contributed by atoms with Crippen LogP contribution in [0.3, 0.4) is 0 Å². The zero-order chi connectivity index (χ0) is 8.99. The average molecular weight is 141 g/mol. The normalized spacial score (nSPS) is 5.00. The third kappa shape index (κ3) is 28.9. The molecule has 2 heteroatoms. The first-order chi connectivity index (χ1) is 4.81. The van der Waals surface area contributed by atoms with Crippen molar-refractivity contribution >= 4 is 6.29 Å². The summed E-state index contributed by atoms with van der Waals surface area (Å²) in [6.45, 7) is 12.6. The summed E-state index contributed by atoms with van der Waals surface area (Å²) in [5.41, 5.74) is 4.93. The van der Waals surface area contributed by atoms with Gasteiger partial charge >= 0.3 is 0 Å². The van der Waals surface area contributed by atoms with Crippen molar-refractivity contribution in [3.63, 3.8) is 0 Å². The van der Waals surface area contributed by atoms with E-state index in [0.29, 0.717) is 11.9 Å². The van der Waals surface area contributed by atoms with E-state index in [9.17, 15) is 4.79 Å². The van der Waals surface area contributed by atoms with Gasteiger partial charge in [-0.05, 0) is 7.05 Å². The number of carbonyl (C=O) groups excluding carboxylic acids is 1. The Morgan fingerprint density at radius 2 is 1.70 bits per heavy atom. The van der Waals surface area contributed by atoms with Crippen molar-refractivity contribution in [2.45, 2.75) is 0 Å². The van der Waals surface area contributed by atoms with Gasteiger partial charge in [0.25, 0.3) is 0 Å². The molecular formula is C8H15NO. The molecule has 0 amide bonds. The summed E-state index contributed by atoms with van der Waals surface area (Å²) >= 11 is 0. The van der Waals surface area contributed by atoms with Crippen molar-refractivity contribution in [1.29, 1.82) is 0 Å². The molecule has 0 heterocycles. The Balaban J connectivity index is -0.000000105. The molecule has 0 saturated carbocycles. The highest BCUT2D eigenvalue weighted by atomic mass is 16.1. The molecule has 0 saturated heterocycles. The van der Waals surface area contributed by atoms with Gasteiger partial charge in [-0.15, -0.1) is 13.2 Å². The first-order valence-electron chi connectivity index (χ1n) is 2.65. The maximum Gasteiger partial charge on any atom is 0.149 e. The second-order valence-corrected chi connectivity index (χ2v) is 0.897. The molecule has 58 valence electrons. The summed E-state index contributed by atoms with van der Waals surface area (Å²) in [5, 5.41) is 0. The van der Waals surface area contributed by atoms with E-state index in [1.54, 1.807) is 0 Å². The highest BCUT2D eigenvalue weighted by molar-refractivity contribution is 5.75.